The number of anilines is 1. The Labute approximate surface area is 109 Å². The molecule has 0 saturated heterocycles. The molecule has 1 rings (SSSR count). The molecule has 0 aliphatic heterocycles. The van der Waals surface area contributed by atoms with Gasteiger partial charge in [-0.25, -0.2) is 9.78 Å². The molecule has 8 heteroatoms. The lowest BCUT2D eigenvalue weighted by atomic mass is 10.2. The molecule has 0 aliphatic rings. The zero-order valence-electron chi connectivity index (χ0n) is 10.4. The summed E-state index contributed by atoms with van der Waals surface area (Å²) in [6.07, 6.45) is 0.145. The molecule has 1 aromatic rings. The van der Waals surface area contributed by atoms with Crippen LogP contribution in [-0.2, 0) is 0 Å². The van der Waals surface area contributed by atoms with Gasteiger partial charge in [0.15, 0.2) is 5.69 Å². The summed E-state index contributed by atoms with van der Waals surface area (Å²) in [6, 6.07) is 3.80. The van der Waals surface area contributed by atoms with Gasteiger partial charge < -0.3 is 10.0 Å². The summed E-state index contributed by atoms with van der Waals surface area (Å²) in [4.78, 5) is 26.3. The second kappa shape index (κ2) is 5.77. The smallest absolute Gasteiger partial charge is 0.354 e. The van der Waals surface area contributed by atoms with Crippen LogP contribution in [0.15, 0.2) is 12.1 Å². The Kier molecular flexibility index (Phi) is 4.36. The number of carboxylic acids is 1. The molecule has 100 valence electrons. The van der Waals surface area contributed by atoms with Gasteiger partial charge in [-0.1, -0.05) is 0 Å². The third kappa shape index (κ3) is 3.16. The summed E-state index contributed by atoms with van der Waals surface area (Å²) in [5.41, 5.74) is -0.575. The molecule has 0 aromatic carbocycles. The van der Waals surface area contributed by atoms with Crippen molar-refractivity contribution in [3.05, 3.63) is 27.9 Å². The molecule has 1 aromatic heterocycles. The van der Waals surface area contributed by atoms with Crippen molar-refractivity contribution in [2.45, 2.75) is 19.4 Å². The number of aromatic nitrogens is 1. The summed E-state index contributed by atoms with van der Waals surface area (Å²) >= 11 is 0. The lowest BCUT2D eigenvalue weighted by Crippen LogP contribution is -2.30. The van der Waals surface area contributed by atoms with E-state index in [0.29, 0.717) is 0 Å². The van der Waals surface area contributed by atoms with Crippen LogP contribution in [0.4, 0.5) is 11.5 Å². The van der Waals surface area contributed by atoms with E-state index in [0.717, 1.165) is 12.1 Å². The fourth-order valence-corrected chi connectivity index (χ4v) is 1.44. The first-order valence-corrected chi connectivity index (χ1v) is 5.37. The van der Waals surface area contributed by atoms with E-state index in [1.165, 1.54) is 11.9 Å². The predicted molar refractivity (Wildman–Crippen MR) is 65.9 cm³/mol. The maximum atomic E-state index is 10.9. The Morgan fingerprint density at radius 3 is 2.79 bits per heavy atom. The molecule has 0 amide bonds. The summed E-state index contributed by atoms with van der Waals surface area (Å²) in [5.74, 6) is -1.33. The van der Waals surface area contributed by atoms with Gasteiger partial charge in [0.05, 0.1) is 17.4 Å². The van der Waals surface area contributed by atoms with Crippen LogP contribution in [0.25, 0.3) is 0 Å². The molecule has 8 nitrogen and oxygen atoms in total. The number of carbonyl (C=O) groups is 1. The largest absolute Gasteiger partial charge is 0.477 e. The average molecular weight is 264 g/mol. The highest BCUT2D eigenvalue weighted by molar-refractivity contribution is 5.86. The second-order valence-corrected chi connectivity index (χ2v) is 3.92. The Hall–Kier alpha value is -2.69. The zero-order valence-corrected chi connectivity index (χ0v) is 10.4. The van der Waals surface area contributed by atoms with Crippen LogP contribution in [0.5, 0.6) is 0 Å². The summed E-state index contributed by atoms with van der Waals surface area (Å²) < 4.78 is 0. The lowest BCUT2D eigenvalue weighted by Gasteiger charge is -2.23. The molecule has 1 atom stereocenters. The van der Waals surface area contributed by atoms with E-state index in [2.05, 4.69) is 4.98 Å². The molecule has 1 unspecified atom stereocenters. The van der Waals surface area contributed by atoms with Crippen LogP contribution in [0, 0.1) is 21.4 Å². The highest BCUT2D eigenvalue weighted by atomic mass is 16.6. The summed E-state index contributed by atoms with van der Waals surface area (Å²) in [5, 5.41) is 28.4. The predicted octanol–water partition coefficient (Wildman–Crippen LogP) is 1.43. The van der Waals surface area contributed by atoms with Crippen LogP contribution in [0.1, 0.15) is 23.8 Å². The third-order valence-electron chi connectivity index (χ3n) is 2.65. The number of nitrogens with zero attached hydrogens (tertiary/aromatic N) is 4. The van der Waals surface area contributed by atoms with Crippen molar-refractivity contribution in [2.24, 2.45) is 0 Å². The molecule has 0 fully saturated rings. The molecule has 0 aliphatic carbocycles. The maximum absolute atomic E-state index is 10.9. The van der Waals surface area contributed by atoms with Gasteiger partial charge in [0.1, 0.15) is 0 Å². The van der Waals surface area contributed by atoms with Gasteiger partial charge >= 0.3 is 11.7 Å². The van der Waals surface area contributed by atoms with Gasteiger partial charge in [-0.15, -0.1) is 0 Å². The number of aromatic carboxylic acids is 1. The Morgan fingerprint density at radius 1 is 1.68 bits per heavy atom. The van der Waals surface area contributed by atoms with Gasteiger partial charge in [-0.2, -0.15) is 5.26 Å². The molecule has 1 heterocycles. The van der Waals surface area contributed by atoms with Gasteiger partial charge in [-0.05, 0) is 13.0 Å². The van der Waals surface area contributed by atoms with E-state index >= 15 is 0 Å². The van der Waals surface area contributed by atoms with Crippen molar-refractivity contribution in [3.63, 3.8) is 0 Å². The zero-order chi connectivity index (χ0) is 14.6. The van der Waals surface area contributed by atoms with Crippen LogP contribution in [0.2, 0.25) is 0 Å². The standard InChI is InChI=1S/C11H12N4O4/c1-7(5-6-12)14(2)10-9(15(18)19)4-3-8(13-10)11(16)17/h3-4,7H,5H2,1-2H3,(H,16,17). The third-order valence-corrected chi connectivity index (χ3v) is 2.65. The van der Waals surface area contributed by atoms with Crippen LogP contribution >= 0.6 is 0 Å². The fourth-order valence-electron chi connectivity index (χ4n) is 1.44. The average Bonchev–Trinajstić information content (AvgIpc) is 2.37. The Balaban J connectivity index is 3.28. The number of rotatable bonds is 5. The Bertz CT molecular complexity index is 552. The van der Waals surface area contributed by atoms with Crippen LogP contribution in [-0.4, -0.2) is 34.1 Å². The highest BCUT2D eigenvalue weighted by Gasteiger charge is 2.24. The number of carboxylic acid groups (broad SMARTS) is 1. The summed E-state index contributed by atoms with van der Waals surface area (Å²) in [7, 11) is 1.53. The molecule has 0 saturated carbocycles. The fraction of sp³-hybridized carbons (Fsp3) is 0.364. The number of nitro groups is 1. The molecule has 19 heavy (non-hydrogen) atoms. The quantitative estimate of drug-likeness (QED) is 0.630. The molecule has 0 radical (unpaired) electrons. The lowest BCUT2D eigenvalue weighted by molar-refractivity contribution is -0.384. The monoisotopic (exact) mass is 264 g/mol. The van der Waals surface area contributed by atoms with E-state index in [-0.39, 0.29) is 29.7 Å². The maximum Gasteiger partial charge on any atom is 0.354 e. The second-order valence-electron chi connectivity index (χ2n) is 3.92. The van der Waals surface area contributed by atoms with Crippen molar-refractivity contribution in [1.82, 2.24) is 4.98 Å². The van der Waals surface area contributed by atoms with E-state index in [1.807, 2.05) is 6.07 Å². The van der Waals surface area contributed by atoms with Gasteiger partial charge in [-0.3, -0.25) is 10.1 Å². The first-order valence-electron chi connectivity index (χ1n) is 5.37. The summed E-state index contributed by atoms with van der Waals surface area (Å²) in [6.45, 7) is 1.70. The van der Waals surface area contributed by atoms with Crippen LogP contribution in [0.3, 0.4) is 0 Å². The molecule has 1 N–H and O–H groups in total. The van der Waals surface area contributed by atoms with Crippen LogP contribution < -0.4 is 4.90 Å². The van der Waals surface area contributed by atoms with Gasteiger partial charge in [0.2, 0.25) is 5.82 Å². The van der Waals surface area contributed by atoms with E-state index in [9.17, 15) is 14.9 Å². The van der Waals surface area contributed by atoms with E-state index in [1.54, 1.807) is 6.92 Å². The first kappa shape index (κ1) is 14.4. The van der Waals surface area contributed by atoms with E-state index < -0.39 is 10.9 Å². The minimum atomic E-state index is -1.27. The number of hydrogen-bond donors (Lipinski definition) is 1. The molecule has 0 bridgehead atoms. The molecular weight excluding hydrogens is 252 g/mol. The number of nitriles is 1. The van der Waals surface area contributed by atoms with Crippen molar-refractivity contribution in [1.29, 1.82) is 5.26 Å². The minimum absolute atomic E-state index is 0.0624. The Morgan fingerprint density at radius 2 is 2.32 bits per heavy atom. The van der Waals surface area contributed by atoms with Crippen molar-refractivity contribution < 1.29 is 14.8 Å². The van der Waals surface area contributed by atoms with E-state index in [4.69, 9.17) is 10.4 Å². The van der Waals surface area contributed by atoms with Crippen molar-refractivity contribution in [2.75, 3.05) is 11.9 Å². The highest BCUT2D eigenvalue weighted by Crippen LogP contribution is 2.27. The minimum Gasteiger partial charge on any atom is -0.477 e. The van der Waals surface area contributed by atoms with Crippen molar-refractivity contribution >= 4 is 17.5 Å². The SMILES string of the molecule is CC(CC#N)N(C)c1nc(C(=O)O)ccc1[N+](=O)[O-]. The van der Waals surface area contributed by atoms with Gasteiger partial charge in [0, 0.05) is 19.2 Å². The number of hydrogen-bond acceptors (Lipinski definition) is 6. The normalized spacial score (nSPS) is 11.4. The first-order chi connectivity index (χ1) is 8.88. The number of pyridine rings is 1. The van der Waals surface area contributed by atoms with Crippen molar-refractivity contribution in [3.8, 4) is 6.07 Å². The molecule has 0 spiro atoms. The van der Waals surface area contributed by atoms with Gasteiger partial charge in [0.25, 0.3) is 0 Å². The topological polar surface area (TPSA) is 120 Å². The molecular formula is C11H12N4O4.